The minimum Gasteiger partial charge on any atom is -0.366 e. The highest BCUT2D eigenvalue weighted by Crippen LogP contribution is 2.45. The molecule has 7 nitrogen and oxygen atoms in total. The number of alkyl halides is 3. The van der Waals surface area contributed by atoms with E-state index in [9.17, 15) is 18.0 Å². The number of amides is 2. The minimum atomic E-state index is -4.18. The van der Waals surface area contributed by atoms with E-state index in [0.717, 1.165) is 18.7 Å². The number of fused-ring (bicyclic) bond motifs is 4. The number of carbonyl (C=O) groups excluding carboxylic acids is 1. The Balaban J connectivity index is 1.45. The van der Waals surface area contributed by atoms with Crippen LogP contribution in [0.4, 0.5) is 35.3 Å². The summed E-state index contributed by atoms with van der Waals surface area (Å²) >= 11 is 0. The Morgan fingerprint density at radius 1 is 1.16 bits per heavy atom. The molecule has 0 spiro atoms. The number of urea groups is 1. The van der Waals surface area contributed by atoms with E-state index in [1.165, 1.54) is 6.20 Å². The van der Waals surface area contributed by atoms with Crippen LogP contribution in [0.2, 0.25) is 0 Å². The molecule has 3 atom stereocenters. The second-order valence-electron chi connectivity index (χ2n) is 8.48. The summed E-state index contributed by atoms with van der Waals surface area (Å²) < 4.78 is 39.9. The summed E-state index contributed by atoms with van der Waals surface area (Å²) in [5.74, 6) is -0.696. The number of aromatic nitrogens is 3. The number of halogens is 3. The van der Waals surface area contributed by atoms with Crippen molar-refractivity contribution < 1.29 is 18.0 Å². The van der Waals surface area contributed by atoms with Crippen molar-refractivity contribution in [1.29, 1.82) is 0 Å². The van der Waals surface area contributed by atoms with Crippen molar-refractivity contribution in [2.75, 3.05) is 28.2 Å². The maximum absolute atomic E-state index is 13.3. The van der Waals surface area contributed by atoms with Crippen LogP contribution in [0, 0.1) is 5.92 Å². The van der Waals surface area contributed by atoms with E-state index >= 15 is 0 Å². The fourth-order valence-electron chi connectivity index (χ4n) is 5.01. The molecule has 2 aromatic rings. The van der Waals surface area contributed by atoms with E-state index < -0.39 is 12.1 Å². The van der Waals surface area contributed by atoms with Gasteiger partial charge in [-0.1, -0.05) is 6.42 Å². The van der Waals surface area contributed by atoms with Crippen molar-refractivity contribution in [3.63, 3.8) is 0 Å². The van der Waals surface area contributed by atoms with E-state index in [1.807, 2.05) is 12.1 Å². The Morgan fingerprint density at radius 2 is 2.03 bits per heavy atom. The highest BCUT2D eigenvalue weighted by molar-refractivity contribution is 6.04. The molecule has 10 heteroatoms. The van der Waals surface area contributed by atoms with Crippen molar-refractivity contribution in [2.45, 2.75) is 50.2 Å². The predicted molar refractivity (Wildman–Crippen MR) is 109 cm³/mol. The van der Waals surface area contributed by atoms with E-state index in [-0.39, 0.29) is 30.8 Å². The molecule has 5 rings (SSSR count). The van der Waals surface area contributed by atoms with Gasteiger partial charge in [-0.25, -0.2) is 9.78 Å². The van der Waals surface area contributed by atoms with Crippen LogP contribution >= 0.6 is 0 Å². The number of hydrogen-bond donors (Lipinski definition) is 1. The molecule has 1 N–H and O–H groups in total. The summed E-state index contributed by atoms with van der Waals surface area (Å²) in [5, 5.41) is 10.5. The molecule has 0 radical (unpaired) electrons. The molecule has 164 valence electrons. The summed E-state index contributed by atoms with van der Waals surface area (Å²) in [6, 6.07) is 6.68. The first-order valence-electron chi connectivity index (χ1n) is 10.6. The Morgan fingerprint density at radius 3 is 2.81 bits per heavy atom. The van der Waals surface area contributed by atoms with Crippen molar-refractivity contribution in [2.24, 2.45) is 5.92 Å². The largest absolute Gasteiger partial charge is 0.391 e. The Kier molecular flexibility index (Phi) is 4.94. The number of nitrogens with one attached hydrogen (secondary N) is 1. The van der Waals surface area contributed by atoms with Crippen LogP contribution in [-0.4, -0.2) is 46.5 Å². The lowest BCUT2D eigenvalue weighted by Crippen LogP contribution is -2.48. The number of rotatable bonds is 2. The zero-order valence-corrected chi connectivity index (χ0v) is 16.8. The summed E-state index contributed by atoms with van der Waals surface area (Å²) in [6.45, 7) is 1.52. The van der Waals surface area contributed by atoms with Crippen LogP contribution in [0.25, 0.3) is 0 Å². The third-order valence-electron chi connectivity index (χ3n) is 6.55. The third-order valence-corrected chi connectivity index (χ3v) is 6.55. The predicted octanol–water partition coefficient (Wildman–Crippen LogP) is 4.34. The highest BCUT2D eigenvalue weighted by Gasteiger charge is 2.44. The summed E-state index contributed by atoms with van der Waals surface area (Å²) in [5.41, 5.74) is 1.47. The van der Waals surface area contributed by atoms with Gasteiger partial charge in [0.05, 0.1) is 17.6 Å². The van der Waals surface area contributed by atoms with E-state index in [2.05, 4.69) is 20.4 Å². The van der Waals surface area contributed by atoms with E-state index in [4.69, 9.17) is 4.98 Å². The molecule has 31 heavy (non-hydrogen) atoms. The lowest BCUT2D eigenvalue weighted by molar-refractivity contribution is -0.183. The average molecular weight is 432 g/mol. The smallest absolute Gasteiger partial charge is 0.366 e. The molecule has 2 amide bonds. The Bertz CT molecular complexity index is 969. The molecule has 0 aromatic carbocycles. The van der Waals surface area contributed by atoms with Crippen molar-refractivity contribution in [1.82, 2.24) is 15.2 Å². The third kappa shape index (κ3) is 3.79. The molecule has 2 unspecified atom stereocenters. The molecular weight excluding hydrogens is 409 g/mol. The molecule has 1 aliphatic carbocycles. The van der Waals surface area contributed by atoms with Crippen LogP contribution in [0.3, 0.4) is 0 Å². The van der Waals surface area contributed by atoms with Gasteiger partial charge in [0.25, 0.3) is 0 Å². The average Bonchev–Trinajstić information content (AvgIpc) is 3.18. The summed E-state index contributed by atoms with van der Waals surface area (Å²) in [4.78, 5) is 21.7. The normalized spacial score (nSPS) is 25.3. The fraction of sp³-hybridized carbons (Fsp3) is 0.524. The van der Waals surface area contributed by atoms with Gasteiger partial charge in [-0.2, -0.15) is 18.3 Å². The maximum Gasteiger partial charge on any atom is 0.391 e. The number of anilines is 3. The van der Waals surface area contributed by atoms with Crippen LogP contribution in [-0.2, 0) is 0 Å². The highest BCUT2D eigenvalue weighted by atomic mass is 19.4. The Labute approximate surface area is 177 Å². The minimum absolute atomic E-state index is 0.0406. The van der Waals surface area contributed by atoms with Gasteiger partial charge in [0.1, 0.15) is 0 Å². The first-order chi connectivity index (χ1) is 14.9. The number of nitrogens with zero attached hydrogens (tertiary/aromatic N) is 5. The second-order valence-corrected chi connectivity index (χ2v) is 8.48. The Hall–Kier alpha value is -2.91. The second kappa shape index (κ2) is 7.65. The fourth-order valence-corrected chi connectivity index (χ4v) is 5.01. The molecule has 3 aliphatic rings. The topological polar surface area (TPSA) is 74.2 Å². The zero-order chi connectivity index (χ0) is 21.6. The van der Waals surface area contributed by atoms with Gasteiger partial charge in [0, 0.05) is 30.9 Å². The lowest BCUT2D eigenvalue weighted by Gasteiger charge is -2.37. The van der Waals surface area contributed by atoms with Gasteiger partial charge < -0.3 is 4.90 Å². The molecule has 2 bridgehead atoms. The molecular formula is C21H23F3N6O. The van der Waals surface area contributed by atoms with E-state index in [0.29, 0.717) is 36.7 Å². The molecule has 1 saturated heterocycles. The van der Waals surface area contributed by atoms with Crippen molar-refractivity contribution >= 4 is 23.4 Å². The van der Waals surface area contributed by atoms with E-state index in [1.54, 1.807) is 17.0 Å². The number of hydrogen-bond acceptors (Lipinski definition) is 5. The van der Waals surface area contributed by atoms with Crippen molar-refractivity contribution in [3.05, 3.63) is 36.2 Å². The first kappa shape index (κ1) is 20.0. The maximum atomic E-state index is 13.3. The van der Waals surface area contributed by atoms with Crippen molar-refractivity contribution in [3.8, 4) is 0 Å². The summed E-state index contributed by atoms with van der Waals surface area (Å²) in [7, 11) is 0. The van der Waals surface area contributed by atoms with Gasteiger partial charge in [-0.15, -0.1) is 5.10 Å². The SMILES string of the molecule is O=C(Nc1cccnn1)N1c2nc(C3CCCC(C(F)(F)F)C3)ccc2N2CC[C@H]1C2. The summed E-state index contributed by atoms with van der Waals surface area (Å²) in [6.07, 6.45) is -0.426. The van der Waals surface area contributed by atoms with Gasteiger partial charge in [0.15, 0.2) is 11.6 Å². The van der Waals surface area contributed by atoms with Crippen LogP contribution in [0.15, 0.2) is 30.5 Å². The number of carbonyl (C=O) groups is 1. The first-order valence-corrected chi connectivity index (χ1v) is 10.6. The van der Waals surface area contributed by atoms with Crippen LogP contribution in [0.5, 0.6) is 0 Å². The molecule has 2 aliphatic heterocycles. The van der Waals surface area contributed by atoms with Gasteiger partial charge >= 0.3 is 12.2 Å². The zero-order valence-electron chi connectivity index (χ0n) is 16.8. The quantitative estimate of drug-likeness (QED) is 0.764. The molecule has 1 saturated carbocycles. The monoisotopic (exact) mass is 432 g/mol. The van der Waals surface area contributed by atoms with Crippen LogP contribution < -0.4 is 15.1 Å². The molecule has 2 fully saturated rings. The van der Waals surface area contributed by atoms with Gasteiger partial charge in [0.2, 0.25) is 0 Å². The standard InChI is InChI=1S/C21H23F3N6O/c22-21(23,24)14-4-1-3-13(11-14)16-6-7-17-19(26-16)30(15-8-10-29(17)12-15)20(31)27-18-5-2-9-25-28-18/h2,5-7,9,13-15H,1,3-4,8,10-12H2,(H,27,28,31)/t13?,14?,15-/m0/s1. The van der Waals surface area contributed by atoms with Gasteiger partial charge in [-0.3, -0.25) is 10.2 Å². The van der Waals surface area contributed by atoms with Gasteiger partial charge in [-0.05, 0) is 49.9 Å². The van der Waals surface area contributed by atoms with Crippen LogP contribution in [0.1, 0.15) is 43.7 Å². The lowest BCUT2D eigenvalue weighted by atomic mass is 9.79. The number of pyridine rings is 1. The molecule has 4 heterocycles. The molecule has 2 aromatic heterocycles.